The molecule has 0 unspecified atom stereocenters. The monoisotopic (exact) mass is 284 g/mol. The Bertz CT molecular complexity index is 539. The first-order valence-electron chi connectivity index (χ1n) is 7.53. The van der Waals surface area contributed by atoms with Gasteiger partial charge in [0.1, 0.15) is 6.04 Å². The number of hydrogen-bond donors (Lipinski definition) is 2. The Labute approximate surface area is 124 Å². The highest BCUT2D eigenvalue weighted by Crippen LogP contribution is 2.21. The van der Waals surface area contributed by atoms with Gasteiger partial charge in [-0.2, -0.15) is 5.26 Å². The Morgan fingerprint density at radius 3 is 2.95 bits per heavy atom. The summed E-state index contributed by atoms with van der Waals surface area (Å²) in [6.07, 6.45) is 2.51. The van der Waals surface area contributed by atoms with Crippen LogP contribution in [0.5, 0.6) is 0 Å². The van der Waals surface area contributed by atoms with E-state index in [4.69, 9.17) is 5.26 Å². The summed E-state index contributed by atoms with van der Waals surface area (Å²) in [5.41, 5.74) is 1.08. The smallest absolute Gasteiger partial charge is 0.240 e. The van der Waals surface area contributed by atoms with E-state index in [0.29, 0.717) is 6.54 Å². The largest absolute Gasteiger partial charge is 0.381 e. The van der Waals surface area contributed by atoms with E-state index in [1.165, 1.54) is 0 Å². The molecule has 3 rings (SSSR count). The van der Waals surface area contributed by atoms with Crippen LogP contribution in [0.1, 0.15) is 19.3 Å². The Morgan fingerprint density at radius 1 is 1.38 bits per heavy atom. The van der Waals surface area contributed by atoms with Gasteiger partial charge in [0, 0.05) is 24.8 Å². The summed E-state index contributed by atoms with van der Waals surface area (Å²) in [4.78, 5) is 14.2. The molecule has 2 saturated heterocycles. The van der Waals surface area contributed by atoms with Crippen LogP contribution in [0.15, 0.2) is 30.3 Å². The van der Waals surface area contributed by atoms with Crippen LogP contribution in [0.3, 0.4) is 0 Å². The van der Waals surface area contributed by atoms with Crippen molar-refractivity contribution in [2.75, 3.05) is 18.4 Å². The van der Waals surface area contributed by atoms with Crippen molar-refractivity contribution < 1.29 is 4.79 Å². The number of rotatable bonds is 3. The number of nitriles is 1. The maximum absolute atomic E-state index is 12.5. The number of benzene rings is 1. The highest BCUT2D eigenvalue weighted by molar-refractivity contribution is 5.83. The molecular formula is C16H20N4O. The third-order valence-electron chi connectivity index (χ3n) is 4.26. The number of nitrogens with one attached hydrogen (secondary N) is 2. The molecule has 0 radical (unpaired) electrons. The maximum Gasteiger partial charge on any atom is 0.240 e. The van der Waals surface area contributed by atoms with Gasteiger partial charge >= 0.3 is 0 Å². The second-order valence-electron chi connectivity index (χ2n) is 5.72. The second kappa shape index (κ2) is 6.15. The van der Waals surface area contributed by atoms with Gasteiger partial charge < -0.3 is 15.5 Å². The Hall–Kier alpha value is -2.06. The molecule has 1 amide bonds. The van der Waals surface area contributed by atoms with Gasteiger partial charge in [-0.05, 0) is 31.4 Å². The Morgan fingerprint density at radius 2 is 2.19 bits per heavy atom. The summed E-state index contributed by atoms with van der Waals surface area (Å²) < 4.78 is 0. The van der Waals surface area contributed by atoms with Gasteiger partial charge in [0.15, 0.2) is 0 Å². The van der Waals surface area contributed by atoms with E-state index in [9.17, 15) is 4.79 Å². The molecule has 5 nitrogen and oxygen atoms in total. The topological polar surface area (TPSA) is 68.2 Å². The highest BCUT2D eigenvalue weighted by atomic mass is 16.2. The fourth-order valence-electron chi connectivity index (χ4n) is 3.17. The average Bonchev–Trinajstić information content (AvgIpc) is 3.16. The lowest BCUT2D eigenvalue weighted by Gasteiger charge is -2.23. The zero-order valence-corrected chi connectivity index (χ0v) is 12.0. The first-order valence-corrected chi connectivity index (χ1v) is 7.53. The van der Waals surface area contributed by atoms with E-state index in [0.717, 1.165) is 31.5 Å². The molecule has 1 aromatic rings. The number of hydrogen-bond acceptors (Lipinski definition) is 4. The number of nitrogens with zero attached hydrogens (tertiary/aromatic N) is 2. The molecule has 2 heterocycles. The molecule has 21 heavy (non-hydrogen) atoms. The van der Waals surface area contributed by atoms with Crippen LogP contribution in [0.25, 0.3) is 0 Å². The summed E-state index contributed by atoms with van der Waals surface area (Å²) >= 11 is 0. The maximum atomic E-state index is 12.5. The van der Waals surface area contributed by atoms with Gasteiger partial charge in [-0.1, -0.05) is 18.2 Å². The molecule has 2 fully saturated rings. The van der Waals surface area contributed by atoms with Crippen molar-refractivity contribution in [2.24, 2.45) is 0 Å². The minimum atomic E-state index is -0.236. The summed E-state index contributed by atoms with van der Waals surface area (Å²) in [5.74, 6) is 0.0800. The molecule has 1 aromatic carbocycles. The molecule has 0 spiro atoms. The first kappa shape index (κ1) is 13.9. The molecule has 0 bridgehead atoms. The molecule has 2 aliphatic heterocycles. The Balaban J connectivity index is 1.57. The lowest BCUT2D eigenvalue weighted by Crippen LogP contribution is -2.45. The van der Waals surface area contributed by atoms with Crippen LogP contribution in [0.2, 0.25) is 0 Å². The van der Waals surface area contributed by atoms with Gasteiger partial charge in [0.25, 0.3) is 0 Å². The van der Waals surface area contributed by atoms with Crippen LogP contribution in [-0.4, -0.2) is 42.0 Å². The number of likely N-dealkylation sites (tertiary alicyclic amines) is 1. The lowest BCUT2D eigenvalue weighted by molar-refractivity contribution is -0.133. The van der Waals surface area contributed by atoms with Crippen molar-refractivity contribution in [3.05, 3.63) is 30.3 Å². The van der Waals surface area contributed by atoms with E-state index >= 15 is 0 Å². The van der Waals surface area contributed by atoms with Gasteiger partial charge in [-0.15, -0.1) is 0 Å². The third-order valence-corrected chi connectivity index (χ3v) is 4.26. The molecule has 0 aliphatic carbocycles. The fourth-order valence-corrected chi connectivity index (χ4v) is 3.17. The Kier molecular flexibility index (Phi) is 4.07. The van der Waals surface area contributed by atoms with Gasteiger partial charge in [0.2, 0.25) is 5.91 Å². The number of para-hydroxylation sites is 1. The van der Waals surface area contributed by atoms with Crippen molar-refractivity contribution in [3.63, 3.8) is 0 Å². The normalized spacial score (nSPS) is 28.3. The fraction of sp³-hybridized carbons (Fsp3) is 0.500. The number of carbonyl (C=O) groups is 1. The van der Waals surface area contributed by atoms with Crippen molar-refractivity contribution in [1.82, 2.24) is 10.2 Å². The molecule has 0 saturated carbocycles. The molecule has 2 N–H and O–H groups in total. The van der Waals surface area contributed by atoms with Crippen LogP contribution in [0.4, 0.5) is 5.69 Å². The van der Waals surface area contributed by atoms with E-state index in [1.807, 2.05) is 30.3 Å². The summed E-state index contributed by atoms with van der Waals surface area (Å²) in [5, 5.41) is 15.8. The SMILES string of the molecule is N#C[C@@H]1CCCN1C(=O)[C@@H]1C[C@H](Nc2ccccc2)CN1. The molecular weight excluding hydrogens is 264 g/mol. The molecule has 110 valence electrons. The van der Waals surface area contributed by atoms with Gasteiger partial charge in [0.05, 0.1) is 12.1 Å². The van der Waals surface area contributed by atoms with Crippen molar-refractivity contribution in [3.8, 4) is 6.07 Å². The summed E-state index contributed by atoms with van der Waals surface area (Å²) in [6, 6.07) is 12.1. The zero-order chi connectivity index (χ0) is 14.7. The van der Waals surface area contributed by atoms with Crippen LogP contribution < -0.4 is 10.6 Å². The second-order valence-corrected chi connectivity index (χ2v) is 5.72. The van der Waals surface area contributed by atoms with E-state index in [-0.39, 0.29) is 24.0 Å². The van der Waals surface area contributed by atoms with Crippen LogP contribution >= 0.6 is 0 Å². The van der Waals surface area contributed by atoms with E-state index in [2.05, 4.69) is 16.7 Å². The first-order chi connectivity index (χ1) is 10.3. The summed E-state index contributed by atoms with van der Waals surface area (Å²) in [7, 11) is 0. The average molecular weight is 284 g/mol. The number of carbonyl (C=O) groups excluding carboxylic acids is 1. The molecule has 5 heteroatoms. The van der Waals surface area contributed by atoms with E-state index in [1.54, 1.807) is 4.90 Å². The zero-order valence-electron chi connectivity index (χ0n) is 12.0. The minimum Gasteiger partial charge on any atom is -0.381 e. The molecule has 2 aliphatic rings. The number of amides is 1. The van der Waals surface area contributed by atoms with Crippen molar-refractivity contribution in [2.45, 2.75) is 37.4 Å². The van der Waals surface area contributed by atoms with Crippen molar-refractivity contribution >= 4 is 11.6 Å². The third kappa shape index (κ3) is 3.01. The quantitative estimate of drug-likeness (QED) is 0.879. The number of anilines is 1. The van der Waals surface area contributed by atoms with Crippen molar-refractivity contribution in [1.29, 1.82) is 5.26 Å². The van der Waals surface area contributed by atoms with Crippen LogP contribution in [-0.2, 0) is 4.79 Å². The molecule has 0 aromatic heterocycles. The standard InChI is InChI=1S/C16H20N4O/c17-10-14-7-4-8-20(14)16(21)15-9-13(11-18-15)19-12-5-2-1-3-6-12/h1-3,5-6,13-15,18-19H,4,7-9,11H2/t13-,14-,15-/m0/s1. The highest BCUT2D eigenvalue weighted by Gasteiger charge is 2.36. The molecule has 3 atom stereocenters. The predicted molar refractivity (Wildman–Crippen MR) is 80.6 cm³/mol. The predicted octanol–water partition coefficient (Wildman–Crippen LogP) is 1.34. The van der Waals surface area contributed by atoms with Crippen LogP contribution in [0, 0.1) is 11.3 Å². The van der Waals surface area contributed by atoms with Gasteiger partial charge in [-0.25, -0.2) is 0 Å². The summed E-state index contributed by atoms with van der Waals surface area (Å²) in [6.45, 7) is 1.49. The van der Waals surface area contributed by atoms with Gasteiger partial charge in [-0.3, -0.25) is 4.79 Å². The lowest BCUT2D eigenvalue weighted by atomic mass is 10.1. The minimum absolute atomic E-state index is 0.0800. The van der Waals surface area contributed by atoms with E-state index < -0.39 is 0 Å².